The van der Waals surface area contributed by atoms with Crippen LogP contribution in [0.15, 0.2) is 85.1 Å². The lowest BCUT2D eigenvalue weighted by molar-refractivity contribution is 0.0601. The summed E-state index contributed by atoms with van der Waals surface area (Å²) >= 11 is 0. The van der Waals surface area contributed by atoms with Crippen molar-refractivity contribution >= 4 is 39.4 Å². The van der Waals surface area contributed by atoms with Gasteiger partial charge >= 0.3 is 5.97 Å². The molecular formula is C29H25N5O2. The number of aromatic nitrogens is 3. The molecule has 2 aromatic heterocycles. The van der Waals surface area contributed by atoms with Crippen LogP contribution in [0.1, 0.15) is 10.4 Å². The normalized spacial score (nSPS) is 13.8. The van der Waals surface area contributed by atoms with Gasteiger partial charge in [0, 0.05) is 43.3 Å². The summed E-state index contributed by atoms with van der Waals surface area (Å²) in [5.74, 6) is 1.43. The second kappa shape index (κ2) is 9.26. The van der Waals surface area contributed by atoms with Crippen molar-refractivity contribution in [2.75, 3.05) is 43.1 Å². The summed E-state index contributed by atoms with van der Waals surface area (Å²) < 4.78 is 4.90. The van der Waals surface area contributed by atoms with E-state index in [0.29, 0.717) is 11.1 Å². The minimum absolute atomic E-state index is 0.385. The van der Waals surface area contributed by atoms with Gasteiger partial charge in [-0.1, -0.05) is 54.6 Å². The number of hydrogen-bond acceptors (Lipinski definition) is 7. The molecule has 1 fully saturated rings. The minimum Gasteiger partial charge on any atom is -0.465 e. The van der Waals surface area contributed by atoms with E-state index < -0.39 is 0 Å². The molecule has 36 heavy (non-hydrogen) atoms. The summed E-state index contributed by atoms with van der Waals surface area (Å²) in [6.07, 6.45) is 1.94. The number of carbonyl (C=O) groups excluding carboxylic acids is 1. The standard InChI is InChI=1S/C29H25N5O2/c1-36-29(35)22-11-12-24-25(17-22)32-28(27(31-24)20-7-3-2-4-8-20)34-15-13-33(14-16-34)26-18-21-9-5-6-10-23(21)19-30-26/h2-12,17-19H,13-16H2,1H3. The van der Waals surface area contributed by atoms with Crippen LogP contribution < -0.4 is 9.80 Å². The number of anilines is 2. The zero-order valence-corrected chi connectivity index (χ0v) is 20.0. The molecule has 0 atom stereocenters. The number of ether oxygens (including phenoxy) is 1. The van der Waals surface area contributed by atoms with E-state index in [0.717, 1.165) is 60.0 Å². The predicted octanol–water partition coefficient (Wildman–Crippen LogP) is 4.96. The highest BCUT2D eigenvalue weighted by molar-refractivity contribution is 5.94. The largest absolute Gasteiger partial charge is 0.465 e. The lowest BCUT2D eigenvalue weighted by Crippen LogP contribution is -2.47. The van der Waals surface area contributed by atoms with Gasteiger partial charge in [-0.05, 0) is 29.7 Å². The fourth-order valence-corrected chi connectivity index (χ4v) is 4.69. The fourth-order valence-electron chi connectivity index (χ4n) is 4.69. The smallest absolute Gasteiger partial charge is 0.337 e. The molecule has 0 amide bonds. The van der Waals surface area contributed by atoms with Gasteiger partial charge in [0.15, 0.2) is 5.82 Å². The molecule has 3 aromatic carbocycles. The van der Waals surface area contributed by atoms with E-state index >= 15 is 0 Å². The topological polar surface area (TPSA) is 71.5 Å². The van der Waals surface area contributed by atoms with Crippen LogP contribution in [-0.4, -0.2) is 54.2 Å². The van der Waals surface area contributed by atoms with Gasteiger partial charge in [0.25, 0.3) is 0 Å². The zero-order valence-electron chi connectivity index (χ0n) is 20.0. The van der Waals surface area contributed by atoms with Crippen LogP contribution in [0.4, 0.5) is 11.6 Å². The van der Waals surface area contributed by atoms with E-state index in [1.165, 1.54) is 12.5 Å². The van der Waals surface area contributed by atoms with Crippen molar-refractivity contribution < 1.29 is 9.53 Å². The lowest BCUT2D eigenvalue weighted by Gasteiger charge is -2.36. The van der Waals surface area contributed by atoms with Crippen LogP contribution in [0.3, 0.4) is 0 Å². The molecule has 7 heteroatoms. The molecule has 0 spiro atoms. The first kappa shape index (κ1) is 22.0. The molecule has 5 aromatic rings. The molecule has 3 heterocycles. The van der Waals surface area contributed by atoms with Gasteiger partial charge < -0.3 is 14.5 Å². The van der Waals surface area contributed by atoms with Gasteiger partial charge in [0.1, 0.15) is 11.5 Å². The average molecular weight is 476 g/mol. The molecule has 7 nitrogen and oxygen atoms in total. The van der Waals surface area contributed by atoms with E-state index in [2.05, 4.69) is 46.2 Å². The molecule has 0 aliphatic carbocycles. The predicted molar refractivity (Wildman–Crippen MR) is 142 cm³/mol. The molecule has 0 bridgehead atoms. The number of carbonyl (C=O) groups is 1. The minimum atomic E-state index is -0.385. The first-order valence-corrected chi connectivity index (χ1v) is 12.0. The molecule has 1 aliphatic rings. The number of pyridine rings is 1. The molecule has 178 valence electrons. The monoisotopic (exact) mass is 475 g/mol. The van der Waals surface area contributed by atoms with Crippen molar-refractivity contribution in [2.24, 2.45) is 0 Å². The van der Waals surface area contributed by atoms with Crippen LogP contribution in [-0.2, 0) is 4.74 Å². The second-order valence-electron chi connectivity index (χ2n) is 8.82. The van der Waals surface area contributed by atoms with Crippen molar-refractivity contribution in [1.29, 1.82) is 0 Å². The van der Waals surface area contributed by atoms with Gasteiger partial charge in [-0.25, -0.2) is 19.7 Å². The first-order valence-electron chi connectivity index (χ1n) is 12.0. The zero-order chi connectivity index (χ0) is 24.5. The summed E-state index contributed by atoms with van der Waals surface area (Å²) in [5.41, 5.74) is 3.73. The number of nitrogens with zero attached hydrogens (tertiary/aromatic N) is 5. The summed E-state index contributed by atoms with van der Waals surface area (Å²) in [6, 6.07) is 25.9. The maximum atomic E-state index is 12.1. The number of esters is 1. The lowest BCUT2D eigenvalue weighted by atomic mass is 10.1. The Morgan fingerprint density at radius 3 is 2.28 bits per heavy atom. The number of methoxy groups -OCH3 is 1. The highest BCUT2D eigenvalue weighted by Crippen LogP contribution is 2.31. The van der Waals surface area contributed by atoms with Gasteiger partial charge in [-0.15, -0.1) is 0 Å². The van der Waals surface area contributed by atoms with E-state index in [1.807, 2.05) is 36.5 Å². The Hall–Kier alpha value is -4.52. The Bertz CT molecular complexity index is 1560. The van der Waals surface area contributed by atoms with Crippen molar-refractivity contribution in [3.8, 4) is 11.3 Å². The summed E-state index contributed by atoms with van der Waals surface area (Å²) in [4.78, 5) is 31.4. The van der Waals surface area contributed by atoms with E-state index in [1.54, 1.807) is 12.1 Å². The third-order valence-electron chi connectivity index (χ3n) is 6.63. The number of hydrogen-bond donors (Lipinski definition) is 0. The van der Waals surface area contributed by atoms with Crippen molar-refractivity contribution in [1.82, 2.24) is 15.0 Å². The Kier molecular flexibility index (Phi) is 5.65. The maximum Gasteiger partial charge on any atom is 0.337 e. The molecule has 0 radical (unpaired) electrons. The van der Waals surface area contributed by atoms with Crippen LogP contribution in [0.25, 0.3) is 33.1 Å². The number of benzene rings is 3. The van der Waals surface area contributed by atoms with Crippen molar-refractivity contribution in [3.63, 3.8) is 0 Å². The van der Waals surface area contributed by atoms with Crippen LogP contribution in [0.5, 0.6) is 0 Å². The molecular weight excluding hydrogens is 450 g/mol. The SMILES string of the molecule is COC(=O)c1ccc2nc(-c3ccccc3)c(N3CCN(c4cc5ccccc5cn4)CC3)nc2c1. The fraction of sp³-hybridized carbons (Fsp3) is 0.172. The van der Waals surface area contributed by atoms with Crippen molar-refractivity contribution in [2.45, 2.75) is 0 Å². The maximum absolute atomic E-state index is 12.1. The van der Waals surface area contributed by atoms with Crippen LogP contribution >= 0.6 is 0 Å². The highest BCUT2D eigenvalue weighted by atomic mass is 16.5. The van der Waals surface area contributed by atoms with E-state index in [9.17, 15) is 4.79 Å². The molecule has 1 saturated heterocycles. The van der Waals surface area contributed by atoms with Gasteiger partial charge in [-0.2, -0.15) is 0 Å². The summed E-state index contributed by atoms with van der Waals surface area (Å²) in [7, 11) is 1.38. The first-order chi connectivity index (χ1) is 17.7. The van der Waals surface area contributed by atoms with Crippen molar-refractivity contribution in [3.05, 3.63) is 90.6 Å². The Morgan fingerprint density at radius 1 is 0.778 bits per heavy atom. The molecule has 0 saturated carbocycles. The Labute approximate surface area is 209 Å². The Morgan fingerprint density at radius 2 is 1.50 bits per heavy atom. The van der Waals surface area contributed by atoms with Gasteiger partial charge in [0.05, 0.1) is 23.7 Å². The van der Waals surface area contributed by atoms with E-state index in [-0.39, 0.29) is 5.97 Å². The molecule has 6 rings (SSSR count). The number of piperazine rings is 1. The average Bonchev–Trinajstić information content (AvgIpc) is 2.96. The van der Waals surface area contributed by atoms with Gasteiger partial charge in [0.2, 0.25) is 0 Å². The Balaban J connectivity index is 1.34. The number of fused-ring (bicyclic) bond motifs is 2. The molecule has 0 N–H and O–H groups in total. The molecule has 1 aliphatic heterocycles. The van der Waals surface area contributed by atoms with Gasteiger partial charge in [-0.3, -0.25) is 0 Å². The highest BCUT2D eigenvalue weighted by Gasteiger charge is 2.24. The van der Waals surface area contributed by atoms with E-state index in [4.69, 9.17) is 19.7 Å². The molecule has 0 unspecified atom stereocenters. The van der Waals surface area contributed by atoms with Crippen LogP contribution in [0.2, 0.25) is 0 Å². The van der Waals surface area contributed by atoms with Crippen LogP contribution in [0, 0.1) is 0 Å². The second-order valence-corrected chi connectivity index (χ2v) is 8.82. The summed E-state index contributed by atoms with van der Waals surface area (Å²) in [5, 5.41) is 2.34. The summed E-state index contributed by atoms with van der Waals surface area (Å²) in [6.45, 7) is 3.21. The quantitative estimate of drug-likeness (QED) is 0.340. The number of rotatable bonds is 4. The third-order valence-corrected chi connectivity index (χ3v) is 6.63. The third kappa shape index (κ3) is 4.09.